The summed E-state index contributed by atoms with van der Waals surface area (Å²) < 4.78 is 0. The monoisotopic (exact) mass is 754 g/mol. The van der Waals surface area contributed by atoms with Gasteiger partial charge in [0, 0.05) is 9.52 Å². The molecule has 47 heavy (non-hydrogen) atoms. The van der Waals surface area contributed by atoms with E-state index in [-0.39, 0.29) is 10.8 Å². The molecule has 0 aliphatic carbocycles. The third-order valence-electron chi connectivity index (χ3n) is 8.27. The summed E-state index contributed by atoms with van der Waals surface area (Å²) >= 11 is -0.826. The van der Waals surface area contributed by atoms with Crippen molar-refractivity contribution in [3.63, 3.8) is 0 Å². The molecule has 0 nitrogen and oxygen atoms in total. The molecule has 6 rings (SSSR count). The van der Waals surface area contributed by atoms with Crippen molar-refractivity contribution >= 4 is 48.1 Å². The zero-order valence-corrected chi connectivity index (χ0v) is 34.8. The van der Waals surface area contributed by atoms with Crippen LogP contribution in [0.5, 0.6) is 0 Å². The molecule has 4 heteroatoms. The van der Waals surface area contributed by atoms with Crippen LogP contribution in [0.25, 0.3) is 43.8 Å². The van der Waals surface area contributed by atoms with E-state index >= 15 is 0 Å². The molecule has 0 bridgehead atoms. The van der Waals surface area contributed by atoms with E-state index in [2.05, 4.69) is 178 Å². The standard InChI is InChI=1S/2C20H21.C3H8Si.2ClH.Zr/c2*1-14-12-16-6-5-7-18(19(16)13-14)15-8-10-17(11-9-15)20(2,3)4;1-3-4-2;;;/h2*5-13H,1-4H3;3H2,1-2H3;2*1H;/q2*-1;;;;+4/p-2. The summed E-state index contributed by atoms with van der Waals surface area (Å²) in [4.78, 5) is 0. The molecule has 6 aromatic rings. The predicted molar refractivity (Wildman–Crippen MR) is 211 cm³/mol. The van der Waals surface area contributed by atoms with Gasteiger partial charge in [-0.2, -0.15) is 12.1 Å². The van der Waals surface area contributed by atoms with Crippen LogP contribution in [0, 0.1) is 13.8 Å². The molecule has 0 saturated heterocycles. The van der Waals surface area contributed by atoms with Crippen molar-refractivity contribution in [2.75, 3.05) is 0 Å². The van der Waals surface area contributed by atoms with Crippen LogP contribution < -0.4 is 0 Å². The minimum absolute atomic E-state index is 0.210. The first-order chi connectivity index (χ1) is 22.2. The zero-order valence-electron chi connectivity index (χ0n) is 29.9. The molecular formula is C43H50Cl2SiZr. The quantitative estimate of drug-likeness (QED) is 0.125. The van der Waals surface area contributed by atoms with Crippen molar-refractivity contribution in [1.82, 2.24) is 0 Å². The van der Waals surface area contributed by atoms with E-state index in [0.717, 1.165) is 9.52 Å². The van der Waals surface area contributed by atoms with Gasteiger partial charge in [0.05, 0.1) is 0 Å². The summed E-state index contributed by atoms with van der Waals surface area (Å²) in [6.07, 6.45) is 0. The van der Waals surface area contributed by atoms with E-state index < -0.39 is 20.8 Å². The van der Waals surface area contributed by atoms with Gasteiger partial charge in [0.2, 0.25) is 0 Å². The van der Waals surface area contributed by atoms with Gasteiger partial charge in [-0.05, 0) is 33.1 Å². The predicted octanol–water partition coefficient (Wildman–Crippen LogP) is 14.2. The Hall–Kier alpha value is -2.22. The Labute approximate surface area is 306 Å². The molecule has 0 aliphatic heterocycles. The first kappa shape index (κ1) is 39.2. The van der Waals surface area contributed by atoms with Crippen molar-refractivity contribution < 1.29 is 20.8 Å². The molecule has 2 radical (unpaired) electrons. The van der Waals surface area contributed by atoms with E-state index in [1.54, 1.807) is 0 Å². The third-order valence-corrected chi connectivity index (χ3v) is 8.97. The fraction of sp³-hybridized carbons (Fsp3) is 0.302. The number of halogens is 2. The summed E-state index contributed by atoms with van der Waals surface area (Å²) in [7, 11) is 11.0. The Morgan fingerprint density at radius 3 is 1.19 bits per heavy atom. The number of hydrogen-bond acceptors (Lipinski definition) is 0. The molecule has 0 spiro atoms. The average molecular weight is 757 g/mol. The number of hydrogen-bond donors (Lipinski definition) is 0. The van der Waals surface area contributed by atoms with Crippen LogP contribution in [0.2, 0.25) is 12.6 Å². The molecule has 0 aliphatic rings. The molecule has 0 aromatic heterocycles. The van der Waals surface area contributed by atoms with Gasteiger partial charge in [-0.25, -0.2) is 0 Å². The summed E-state index contributed by atoms with van der Waals surface area (Å²) in [5.41, 5.74) is 11.1. The van der Waals surface area contributed by atoms with Crippen molar-refractivity contribution in [2.45, 2.75) is 85.7 Å². The number of benzene rings is 4. The fourth-order valence-corrected chi connectivity index (χ4v) is 5.57. The Balaban J connectivity index is 0.000000214. The molecule has 0 amide bonds. The average Bonchev–Trinajstić information content (AvgIpc) is 3.61. The SMILES string of the molecule is CC[Si]C.Cc1cc2c(-c3ccc(C(C)(C)C)cc3)cccc2[cH-]1.Cc1cc2c(-c3ccc(C(C)(C)C)cc3)cccc2[cH-]1.[Cl][Zr+2][Cl]. The molecular weight excluding hydrogens is 707 g/mol. The second-order valence-corrected chi connectivity index (χ2v) is 19.3. The van der Waals surface area contributed by atoms with Crippen LogP contribution in [0.1, 0.15) is 70.7 Å². The maximum atomic E-state index is 4.93. The zero-order chi connectivity index (χ0) is 34.8. The van der Waals surface area contributed by atoms with E-state index in [4.69, 9.17) is 17.0 Å². The molecule has 0 N–H and O–H groups in total. The first-order valence-electron chi connectivity index (χ1n) is 16.4. The van der Waals surface area contributed by atoms with E-state index in [1.807, 2.05) is 0 Å². The van der Waals surface area contributed by atoms with Gasteiger partial charge >= 0.3 is 37.9 Å². The normalized spacial score (nSPS) is 11.1. The molecule has 0 fully saturated rings. The Morgan fingerprint density at radius 1 is 0.596 bits per heavy atom. The molecule has 0 saturated carbocycles. The topological polar surface area (TPSA) is 0 Å². The van der Waals surface area contributed by atoms with E-state index in [1.165, 1.54) is 72.1 Å². The third kappa shape index (κ3) is 11.2. The number of rotatable bonds is 3. The molecule has 6 aromatic carbocycles. The Bertz CT molecular complexity index is 1680. The van der Waals surface area contributed by atoms with Crippen LogP contribution in [-0.2, 0) is 31.7 Å². The van der Waals surface area contributed by atoms with Gasteiger partial charge in [-0.1, -0.05) is 147 Å². The van der Waals surface area contributed by atoms with Crippen LogP contribution in [0.3, 0.4) is 0 Å². The van der Waals surface area contributed by atoms with Crippen molar-refractivity contribution in [1.29, 1.82) is 0 Å². The van der Waals surface area contributed by atoms with Gasteiger partial charge in [0.15, 0.2) is 0 Å². The summed E-state index contributed by atoms with van der Waals surface area (Å²) in [6, 6.07) is 41.5. The first-order valence-corrected chi connectivity index (χ1v) is 24.4. The molecule has 0 atom stereocenters. The molecule has 0 unspecified atom stereocenters. The van der Waals surface area contributed by atoms with Gasteiger partial charge in [0.25, 0.3) is 0 Å². The minimum atomic E-state index is -0.826. The van der Waals surface area contributed by atoms with Gasteiger partial charge in [0.1, 0.15) is 0 Å². The van der Waals surface area contributed by atoms with Crippen molar-refractivity contribution in [3.8, 4) is 22.3 Å². The summed E-state index contributed by atoms with van der Waals surface area (Å²) in [6.45, 7) is 22.2. The number of fused-ring (bicyclic) bond motifs is 2. The fourth-order valence-electron chi connectivity index (χ4n) is 5.57. The molecule has 0 heterocycles. The van der Waals surface area contributed by atoms with Crippen LogP contribution in [-0.4, -0.2) is 9.52 Å². The Kier molecular flexibility index (Phi) is 15.0. The maximum absolute atomic E-state index is 4.93. The van der Waals surface area contributed by atoms with E-state index in [9.17, 15) is 0 Å². The van der Waals surface area contributed by atoms with Crippen molar-refractivity contribution in [3.05, 3.63) is 131 Å². The van der Waals surface area contributed by atoms with Crippen LogP contribution in [0.4, 0.5) is 0 Å². The second kappa shape index (κ2) is 18.0. The van der Waals surface area contributed by atoms with Crippen molar-refractivity contribution in [2.24, 2.45) is 0 Å². The second-order valence-electron chi connectivity index (χ2n) is 14.1. The van der Waals surface area contributed by atoms with Gasteiger partial charge < -0.3 is 0 Å². The van der Waals surface area contributed by atoms with Gasteiger partial charge in [-0.15, -0.1) is 69.1 Å². The Morgan fingerprint density at radius 2 is 0.915 bits per heavy atom. The molecule has 244 valence electrons. The number of aryl methyl sites for hydroxylation is 2. The van der Waals surface area contributed by atoms with E-state index in [0.29, 0.717) is 0 Å². The van der Waals surface area contributed by atoms with Crippen LogP contribution in [0.15, 0.2) is 109 Å². The summed E-state index contributed by atoms with van der Waals surface area (Å²) in [5, 5.41) is 5.38. The van der Waals surface area contributed by atoms with Crippen LogP contribution >= 0.6 is 17.0 Å². The van der Waals surface area contributed by atoms with Gasteiger partial charge in [-0.3, -0.25) is 0 Å². The summed E-state index contributed by atoms with van der Waals surface area (Å²) in [5.74, 6) is 0.